The zero-order valence-corrected chi connectivity index (χ0v) is 15.4. The normalized spacial score (nSPS) is 15.7. The zero-order valence-electron chi connectivity index (χ0n) is 15.4. The second-order valence-electron chi connectivity index (χ2n) is 6.97. The molecule has 1 aliphatic heterocycles. The van der Waals surface area contributed by atoms with Gasteiger partial charge in [0.2, 0.25) is 0 Å². The van der Waals surface area contributed by atoms with Crippen molar-refractivity contribution in [2.45, 2.75) is 13.0 Å². The van der Waals surface area contributed by atoms with Crippen molar-refractivity contribution in [2.24, 2.45) is 0 Å². The van der Waals surface area contributed by atoms with Gasteiger partial charge in [-0.05, 0) is 24.6 Å². The number of hydrogen-bond acceptors (Lipinski definition) is 5. The second kappa shape index (κ2) is 7.27. The van der Waals surface area contributed by atoms with E-state index in [4.69, 9.17) is 0 Å². The molecule has 0 spiro atoms. The average molecular weight is 361 g/mol. The minimum Gasteiger partial charge on any atom is -0.373 e. The lowest BCUT2D eigenvalue weighted by atomic mass is 10.1. The predicted octanol–water partition coefficient (Wildman–Crippen LogP) is 2.78. The van der Waals surface area contributed by atoms with E-state index in [1.807, 2.05) is 60.4 Å². The molecule has 0 bridgehead atoms. The molecule has 27 heavy (non-hydrogen) atoms. The summed E-state index contributed by atoms with van der Waals surface area (Å²) in [6, 6.07) is 20.2. The Labute approximate surface area is 158 Å². The maximum absolute atomic E-state index is 12.2. The Kier molecular flexibility index (Phi) is 4.67. The lowest BCUT2D eigenvalue weighted by Crippen LogP contribution is -2.51. The van der Waals surface area contributed by atoms with Crippen molar-refractivity contribution in [3.63, 3.8) is 0 Å². The highest BCUT2D eigenvalue weighted by molar-refractivity contribution is 5.76. The number of hydrogen-bond donors (Lipinski definition) is 1. The third-order valence-corrected chi connectivity index (χ3v) is 5.26. The Morgan fingerprint density at radius 3 is 1.96 bits per heavy atom. The molecule has 138 valence electrons. The van der Waals surface area contributed by atoms with E-state index in [2.05, 4.69) is 22.3 Å². The predicted molar refractivity (Wildman–Crippen MR) is 111 cm³/mol. The fourth-order valence-electron chi connectivity index (χ4n) is 3.68. The fraction of sp³-hybridized carbons (Fsp3) is 0.273. The van der Waals surface area contributed by atoms with Gasteiger partial charge in [0, 0.05) is 37.9 Å². The summed E-state index contributed by atoms with van der Waals surface area (Å²) >= 11 is 0. The van der Waals surface area contributed by atoms with E-state index in [1.165, 1.54) is 5.69 Å². The van der Waals surface area contributed by atoms with Crippen LogP contribution in [0.2, 0.25) is 0 Å². The van der Waals surface area contributed by atoms with Crippen molar-refractivity contribution in [1.82, 2.24) is 0 Å². The molecular formula is C22H23N3O2. The number of benzene rings is 2. The SMILES string of the molecule is C[C@H](Nc1c(N2CCN(c3ccccc3)CC2)c(=O)c1=O)c1ccccc1. The van der Waals surface area contributed by atoms with Crippen molar-refractivity contribution in [1.29, 1.82) is 0 Å². The molecule has 4 rings (SSSR count). The molecule has 0 aromatic heterocycles. The highest BCUT2D eigenvalue weighted by Crippen LogP contribution is 2.27. The van der Waals surface area contributed by atoms with Crippen molar-refractivity contribution in [3.05, 3.63) is 86.7 Å². The summed E-state index contributed by atoms with van der Waals surface area (Å²) in [6.07, 6.45) is 0. The molecule has 3 aromatic rings. The van der Waals surface area contributed by atoms with E-state index in [9.17, 15) is 9.59 Å². The van der Waals surface area contributed by atoms with Crippen LogP contribution in [0, 0.1) is 0 Å². The molecular weight excluding hydrogens is 338 g/mol. The maximum atomic E-state index is 12.2. The fourth-order valence-corrected chi connectivity index (χ4v) is 3.68. The van der Waals surface area contributed by atoms with Crippen LogP contribution < -0.4 is 26.0 Å². The van der Waals surface area contributed by atoms with Crippen LogP contribution in [0.1, 0.15) is 18.5 Å². The Hall–Kier alpha value is -3.08. The summed E-state index contributed by atoms with van der Waals surface area (Å²) in [6.45, 7) is 5.12. The van der Waals surface area contributed by atoms with Crippen molar-refractivity contribution in [2.75, 3.05) is 41.3 Å². The molecule has 1 atom stereocenters. The Bertz CT molecular complexity index is 970. The Balaban J connectivity index is 1.47. The lowest BCUT2D eigenvalue weighted by Gasteiger charge is -2.38. The molecule has 1 fully saturated rings. The Morgan fingerprint density at radius 2 is 1.33 bits per heavy atom. The van der Waals surface area contributed by atoms with Gasteiger partial charge in [-0.15, -0.1) is 0 Å². The third kappa shape index (κ3) is 3.33. The van der Waals surface area contributed by atoms with E-state index in [0.29, 0.717) is 11.4 Å². The van der Waals surface area contributed by atoms with Crippen LogP contribution in [0.25, 0.3) is 0 Å². The molecule has 0 radical (unpaired) electrons. The number of piperazine rings is 1. The molecule has 0 amide bonds. The molecule has 3 aromatic carbocycles. The monoisotopic (exact) mass is 361 g/mol. The van der Waals surface area contributed by atoms with Gasteiger partial charge in [0.1, 0.15) is 11.4 Å². The van der Waals surface area contributed by atoms with E-state index in [0.717, 1.165) is 31.7 Å². The van der Waals surface area contributed by atoms with Crippen LogP contribution in [0.5, 0.6) is 0 Å². The molecule has 1 heterocycles. The van der Waals surface area contributed by atoms with Gasteiger partial charge in [0.15, 0.2) is 0 Å². The Morgan fingerprint density at radius 1 is 0.778 bits per heavy atom. The summed E-state index contributed by atoms with van der Waals surface area (Å²) in [5, 5.41) is 3.26. The van der Waals surface area contributed by atoms with Crippen molar-refractivity contribution in [3.8, 4) is 0 Å². The molecule has 1 saturated heterocycles. The number of anilines is 3. The van der Waals surface area contributed by atoms with Crippen LogP contribution in [0.15, 0.2) is 70.3 Å². The van der Waals surface area contributed by atoms with Gasteiger partial charge in [0.25, 0.3) is 10.9 Å². The number of nitrogens with one attached hydrogen (secondary N) is 1. The average Bonchev–Trinajstić information content (AvgIpc) is 2.74. The number of nitrogens with zero attached hydrogens (tertiary/aromatic N) is 2. The smallest absolute Gasteiger partial charge is 0.253 e. The van der Waals surface area contributed by atoms with Crippen molar-refractivity contribution < 1.29 is 0 Å². The van der Waals surface area contributed by atoms with Crippen LogP contribution in [0.3, 0.4) is 0 Å². The van der Waals surface area contributed by atoms with E-state index < -0.39 is 5.43 Å². The molecule has 1 N–H and O–H groups in total. The second-order valence-corrected chi connectivity index (χ2v) is 6.97. The maximum Gasteiger partial charge on any atom is 0.253 e. The number of para-hydroxylation sites is 1. The summed E-state index contributed by atoms with van der Waals surface area (Å²) in [5.41, 5.74) is 2.52. The van der Waals surface area contributed by atoms with Gasteiger partial charge in [-0.3, -0.25) is 9.59 Å². The quantitative estimate of drug-likeness (QED) is 0.708. The summed E-state index contributed by atoms with van der Waals surface area (Å²) in [5.74, 6) is 0. The molecule has 0 unspecified atom stereocenters. The van der Waals surface area contributed by atoms with Gasteiger partial charge < -0.3 is 15.1 Å². The van der Waals surface area contributed by atoms with Gasteiger partial charge in [0.05, 0.1) is 0 Å². The standard InChI is InChI=1S/C22H23N3O2/c1-16(17-8-4-2-5-9-17)23-19-20(22(27)21(19)26)25-14-12-24(13-15-25)18-10-6-3-7-11-18/h2-11,16,23H,12-15H2,1H3/t16-/m0/s1. The molecule has 5 heteroatoms. The van der Waals surface area contributed by atoms with Crippen LogP contribution >= 0.6 is 0 Å². The van der Waals surface area contributed by atoms with E-state index in [1.54, 1.807) is 0 Å². The molecule has 0 saturated carbocycles. The summed E-state index contributed by atoms with van der Waals surface area (Å²) in [7, 11) is 0. The zero-order chi connectivity index (χ0) is 18.8. The van der Waals surface area contributed by atoms with Crippen LogP contribution in [0.4, 0.5) is 17.1 Å². The largest absolute Gasteiger partial charge is 0.373 e. The van der Waals surface area contributed by atoms with Crippen molar-refractivity contribution >= 4 is 17.1 Å². The molecule has 0 aliphatic carbocycles. The highest BCUT2D eigenvalue weighted by atomic mass is 16.2. The summed E-state index contributed by atoms with van der Waals surface area (Å²) < 4.78 is 0. The number of rotatable bonds is 5. The van der Waals surface area contributed by atoms with Crippen LogP contribution in [-0.4, -0.2) is 26.2 Å². The highest BCUT2D eigenvalue weighted by Gasteiger charge is 2.29. The lowest BCUT2D eigenvalue weighted by molar-refractivity contribution is 0.650. The first kappa shape index (κ1) is 17.3. The van der Waals surface area contributed by atoms with Gasteiger partial charge in [-0.2, -0.15) is 0 Å². The first-order valence-corrected chi connectivity index (χ1v) is 9.35. The van der Waals surface area contributed by atoms with Gasteiger partial charge >= 0.3 is 0 Å². The van der Waals surface area contributed by atoms with E-state index in [-0.39, 0.29) is 11.5 Å². The minimum atomic E-state index is -0.404. The van der Waals surface area contributed by atoms with Gasteiger partial charge in [-0.1, -0.05) is 48.5 Å². The molecule has 1 aliphatic rings. The topological polar surface area (TPSA) is 52.6 Å². The first-order valence-electron chi connectivity index (χ1n) is 9.35. The van der Waals surface area contributed by atoms with Gasteiger partial charge in [-0.25, -0.2) is 0 Å². The first-order chi connectivity index (χ1) is 13.1. The third-order valence-electron chi connectivity index (χ3n) is 5.26. The molecule has 5 nitrogen and oxygen atoms in total. The van der Waals surface area contributed by atoms with E-state index >= 15 is 0 Å². The minimum absolute atomic E-state index is 0.0288. The summed E-state index contributed by atoms with van der Waals surface area (Å²) in [4.78, 5) is 28.8. The van der Waals surface area contributed by atoms with Crippen LogP contribution in [-0.2, 0) is 0 Å².